The van der Waals surface area contributed by atoms with Crippen LogP contribution in [-0.4, -0.2) is 23.2 Å². The van der Waals surface area contributed by atoms with Crippen LogP contribution in [-0.2, 0) is 4.74 Å². The lowest BCUT2D eigenvalue weighted by Crippen LogP contribution is -2.21. The molecule has 0 amide bonds. The highest BCUT2D eigenvalue weighted by Crippen LogP contribution is 2.27. The number of nitrogens with one attached hydrogen (secondary N) is 1. The van der Waals surface area contributed by atoms with Gasteiger partial charge in [0, 0.05) is 34.7 Å². The predicted octanol–water partition coefficient (Wildman–Crippen LogP) is 3.68. The van der Waals surface area contributed by atoms with Crippen LogP contribution in [0.1, 0.15) is 6.42 Å². The van der Waals surface area contributed by atoms with E-state index in [0.29, 0.717) is 17.9 Å². The van der Waals surface area contributed by atoms with Gasteiger partial charge < -0.3 is 15.2 Å². The molecule has 1 aliphatic rings. The second kappa shape index (κ2) is 5.69. The molecule has 5 heteroatoms. The highest BCUT2D eigenvalue weighted by Gasteiger charge is 2.16. The summed E-state index contributed by atoms with van der Waals surface area (Å²) >= 11 is 4.38. The number of pyridine rings is 1. The number of methoxy groups -OCH3 is 1. The lowest BCUT2D eigenvalue weighted by Gasteiger charge is -2.21. The van der Waals surface area contributed by atoms with Crippen LogP contribution in [0.5, 0.6) is 0 Å². The van der Waals surface area contributed by atoms with Gasteiger partial charge in [-0.2, -0.15) is 0 Å². The highest BCUT2D eigenvalue weighted by atomic mass is 32.1. The number of benzene rings is 1. The fraction of sp³-hybridized carbons (Fsp3) is 0.188. The number of hydrogen-bond acceptors (Lipinski definition) is 5. The second-order valence-corrected chi connectivity index (χ2v) is 5.44. The van der Waals surface area contributed by atoms with E-state index in [1.165, 1.54) is 0 Å². The fourth-order valence-electron chi connectivity index (χ4n) is 2.43. The summed E-state index contributed by atoms with van der Waals surface area (Å²) in [5.74, 6) is 0.963. The van der Waals surface area contributed by atoms with Gasteiger partial charge >= 0.3 is 0 Å². The Morgan fingerprint density at radius 2 is 2.24 bits per heavy atom. The van der Waals surface area contributed by atoms with Crippen LogP contribution < -0.4 is 5.32 Å². The van der Waals surface area contributed by atoms with Gasteiger partial charge in [-0.1, -0.05) is 0 Å². The number of thiol groups is 1. The van der Waals surface area contributed by atoms with Crippen LogP contribution in [0.15, 0.2) is 59.0 Å². The number of anilines is 1. The van der Waals surface area contributed by atoms with Crippen LogP contribution in [0.2, 0.25) is 0 Å². The summed E-state index contributed by atoms with van der Waals surface area (Å²) in [4.78, 5) is 5.23. The third-order valence-electron chi connectivity index (χ3n) is 3.41. The van der Waals surface area contributed by atoms with Crippen LogP contribution in [0, 0.1) is 0 Å². The average molecular weight is 300 g/mol. The molecule has 2 aromatic rings. The number of aliphatic hydroxyl groups excluding tert-OH is 1. The molecule has 0 saturated heterocycles. The van der Waals surface area contributed by atoms with E-state index >= 15 is 0 Å². The molecule has 0 radical (unpaired) electrons. The molecule has 1 atom stereocenters. The molecule has 1 aromatic heterocycles. The molecule has 0 bridgehead atoms. The number of fused-ring (bicyclic) bond motifs is 1. The third-order valence-corrected chi connectivity index (χ3v) is 3.68. The van der Waals surface area contributed by atoms with Crippen LogP contribution in [0.3, 0.4) is 0 Å². The normalized spacial score (nSPS) is 18.1. The minimum atomic E-state index is -0.0286. The van der Waals surface area contributed by atoms with Crippen LogP contribution >= 0.6 is 12.6 Å². The van der Waals surface area contributed by atoms with Crippen molar-refractivity contribution >= 4 is 29.2 Å². The molecule has 0 aliphatic heterocycles. The molecule has 3 rings (SSSR count). The number of rotatable bonds is 3. The lowest BCUT2D eigenvalue weighted by atomic mass is 10.0. The first kappa shape index (κ1) is 13.8. The van der Waals surface area contributed by atoms with E-state index < -0.39 is 0 Å². The van der Waals surface area contributed by atoms with Gasteiger partial charge in [-0.05, 0) is 30.3 Å². The zero-order valence-corrected chi connectivity index (χ0v) is 12.5. The van der Waals surface area contributed by atoms with Gasteiger partial charge in [0.1, 0.15) is 5.76 Å². The maximum atomic E-state index is 9.79. The lowest BCUT2D eigenvalue weighted by molar-refractivity contribution is 0.290. The van der Waals surface area contributed by atoms with Gasteiger partial charge in [0.2, 0.25) is 0 Å². The minimum Gasteiger partial charge on any atom is -0.512 e. The van der Waals surface area contributed by atoms with Gasteiger partial charge in [-0.25, -0.2) is 0 Å². The Balaban J connectivity index is 1.94. The number of aromatic nitrogens is 1. The third kappa shape index (κ3) is 2.97. The zero-order valence-electron chi connectivity index (χ0n) is 11.6. The van der Waals surface area contributed by atoms with Gasteiger partial charge in [-0.15, -0.1) is 12.6 Å². The molecular formula is C16H16N2O2S. The number of hydrogen-bond donors (Lipinski definition) is 3. The molecule has 21 heavy (non-hydrogen) atoms. The summed E-state index contributed by atoms with van der Waals surface area (Å²) in [6.07, 6.45) is 5.88. The maximum Gasteiger partial charge on any atom is 0.120 e. The first-order chi connectivity index (χ1) is 10.2. The number of allylic oxidation sites excluding steroid dienone is 1. The predicted molar refractivity (Wildman–Crippen MR) is 86.8 cm³/mol. The summed E-state index contributed by atoms with van der Waals surface area (Å²) in [5, 5.41) is 14.2. The molecule has 1 aliphatic carbocycles. The Hall–Kier alpha value is -2.14. The summed E-state index contributed by atoms with van der Waals surface area (Å²) < 4.78 is 5.20. The van der Waals surface area contributed by atoms with Crippen molar-refractivity contribution in [1.82, 2.24) is 4.98 Å². The van der Waals surface area contributed by atoms with E-state index in [1.54, 1.807) is 19.4 Å². The highest BCUT2D eigenvalue weighted by molar-refractivity contribution is 7.80. The number of ether oxygens (including phenoxy) is 1. The SMILES string of the molecule is COC1=CC(Nc2ccnc3ccc(S)cc23)CC(O)=C1. The van der Waals surface area contributed by atoms with Gasteiger partial charge in [0.15, 0.2) is 0 Å². The van der Waals surface area contributed by atoms with E-state index in [0.717, 1.165) is 21.5 Å². The summed E-state index contributed by atoms with van der Waals surface area (Å²) in [5.41, 5.74) is 1.87. The molecular weight excluding hydrogens is 284 g/mol. The van der Waals surface area contributed by atoms with E-state index in [9.17, 15) is 5.11 Å². The molecule has 0 fully saturated rings. The average Bonchev–Trinajstić information content (AvgIpc) is 2.47. The Morgan fingerprint density at radius 3 is 3.05 bits per heavy atom. The van der Waals surface area contributed by atoms with Crippen molar-refractivity contribution < 1.29 is 9.84 Å². The van der Waals surface area contributed by atoms with Crippen molar-refractivity contribution in [2.24, 2.45) is 0 Å². The van der Waals surface area contributed by atoms with Gasteiger partial charge in [-0.3, -0.25) is 4.98 Å². The zero-order chi connectivity index (χ0) is 14.8. The smallest absolute Gasteiger partial charge is 0.120 e. The minimum absolute atomic E-state index is 0.0286. The second-order valence-electron chi connectivity index (χ2n) is 4.92. The maximum absolute atomic E-state index is 9.79. The Bertz CT molecular complexity index is 740. The van der Waals surface area contributed by atoms with E-state index in [4.69, 9.17) is 4.74 Å². The van der Waals surface area contributed by atoms with E-state index in [2.05, 4.69) is 22.9 Å². The molecule has 1 aromatic carbocycles. The largest absolute Gasteiger partial charge is 0.512 e. The Kier molecular flexibility index (Phi) is 3.75. The topological polar surface area (TPSA) is 54.4 Å². The molecule has 108 valence electrons. The van der Waals surface area contributed by atoms with E-state index in [-0.39, 0.29) is 6.04 Å². The first-order valence-electron chi connectivity index (χ1n) is 6.65. The van der Waals surface area contributed by atoms with E-state index in [1.807, 2.05) is 30.3 Å². The summed E-state index contributed by atoms with van der Waals surface area (Å²) in [6, 6.07) is 7.73. The molecule has 2 N–H and O–H groups in total. The monoisotopic (exact) mass is 300 g/mol. The van der Waals surface area contributed by atoms with Crippen molar-refractivity contribution in [2.75, 3.05) is 12.4 Å². The van der Waals surface area contributed by atoms with Gasteiger partial charge in [0.25, 0.3) is 0 Å². The molecule has 1 unspecified atom stereocenters. The van der Waals surface area contributed by atoms with Crippen LogP contribution in [0.25, 0.3) is 10.9 Å². The standard InChI is InChI=1S/C16H16N2O2S/c1-20-12-7-10(6-11(19)8-12)18-16-4-5-17-15-3-2-13(21)9-14(15)16/h2-5,7-10,19,21H,6H2,1H3,(H,17,18). The molecule has 0 spiro atoms. The number of aliphatic hydroxyl groups is 1. The fourth-order valence-corrected chi connectivity index (χ4v) is 2.64. The summed E-state index contributed by atoms with van der Waals surface area (Å²) in [6.45, 7) is 0. The molecule has 4 nitrogen and oxygen atoms in total. The van der Waals surface area contributed by atoms with Crippen molar-refractivity contribution in [3.63, 3.8) is 0 Å². The Labute approximate surface area is 128 Å². The van der Waals surface area contributed by atoms with Crippen molar-refractivity contribution in [3.05, 3.63) is 54.1 Å². The van der Waals surface area contributed by atoms with Crippen molar-refractivity contribution in [1.29, 1.82) is 0 Å². The molecule has 0 saturated carbocycles. The van der Waals surface area contributed by atoms with Crippen molar-refractivity contribution in [3.8, 4) is 0 Å². The number of nitrogens with zero attached hydrogens (tertiary/aromatic N) is 1. The van der Waals surface area contributed by atoms with Gasteiger partial charge in [0.05, 0.1) is 24.4 Å². The first-order valence-corrected chi connectivity index (χ1v) is 7.10. The quantitative estimate of drug-likeness (QED) is 0.757. The van der Waals surface area contributed by atoms with Crippen LogP contribution in [0.4, 0.5) is 5.69 Å². The molecule has 1 heterocycles. The van der Waals surface area contributed by atoms with Crippen molar-refractivity contribution in [2.45, 2.75) is 17.4 Å². The summed E-state index contributed by atoms with van der Waals surface area (Å²) in [7, 11) is 1.59. The Morgan fingerprint density at radius 1 is 1.38 bits per heavy atom.